The fraction of sp³-hybridized carbons (Fsp3) is 0.188. The van der Waals surface area contributed by atoms with Crippen molar-refractivity contribution in [3.05, 3.63) is 70.2 Å². The minimum absolute atomic E-state index is 0.172. The van der Waals surface area contributed by atoms with E-state index >= 15 is 0 Å². The summed E-state index contributed by atoms with van der Waals surface area (Å²) < 4.78 is 6.74. The summed E-state index contributed by atoms with van der Waals surface area (Å²) in [5, 5.41) is 18.0. The van der Waals surface area contributed by atoms with Gasteiger partial charge >= 0.3 is 0 Å². The highest BCUT2D eigenvalue weighted by molar-refractivity contribution is 5.95. The van der Waals surface area contributed by atoms with Gasteiger partial charge in [-0.3, -0.25) is 14.9 Å². The van der Waals surface area contributed by atoms with Crippen molar-refractivity contribution >= 4 is 11.6 Å². The van der Waals surface area contributed by atoms with E-state index in [1.54, 1.807) is 19.1 Å². The predicted octanol–water partition coefficient (Wildman–Crippen LogP) is 2.57. The molecule has 128 valence electrons. The van der Waals surface area contributed by atoms with Crippen LogP contribution in [0.1, 0.15) is 34.8 Å². The number of furan rings is 1. The first-order valence-corrected chi connectivity index (χ1v) is 7.46. The van der Waals surface area contributed by atoms with Crippen LogP contribution in [0, 0.1) is 17.0 Å². The van der Waals surface area contributed by atoms with Crippen LogP contribution in [-0.2, 0) is 0 Å². The molecule has 3 aromatic rings. The first kappa shape index (κ1) is 16.4. The van der Waals surface area contributed by atoms with Crippen molar-refractivity contribution in [3.8, 4) is 5.69 Å². The van der Waals surface area contributed by atoms with Gasteiger partial charge in [-0.2, -0.15) is 5.10 Å². The predicted molar refractivity (Wildman–Crippen MR) is 87.3 cm³/mol. The highest BCUT2D eigenvalue weighted by atomic mass is 16.6. The Balaban J connectivity index is 1.86. The lowest BCUT2D eigenvalue weighted by Crippen LogP contribution is -2.26. The molecule has 2 aromatic heterocycles. The normalized spacial score (nSPS) is 11.9. The SMILES string of the molecule is Cc1ccc(C(C)NC(=O)c2ccc(-n3cncn3)c([N+](=O)[O-])c2)o1. The number of nitro benzene ring substituents is 1. The molecule has 0 aliphatic rings. The zero-order chi connectivity index (χ0) is 18.0. The molecule has 0 saturated carbocycles. The third kappa shape index (κ3) is 3.39. The van der Waals surface area contributed by atoms with E-state index in [9.17, 15) is 14.9 Å². The minimum atomic E-state index is -0.562. The zero-order valence-electron chi connectivity index (χ0n) is 13.5. The number of nitrogens with one attached hydrogen (secondary N) is 1. The number of rotatable bonds is 5. The molecule has 2 heterocycles. The van der Waals surface area contributed by atoms with Crippen LogP contribution < -0.4 is 5.32 Å². The third-order valence-electron chi connectivity index (χ3n) is 3.64. The molecule has 0 bridgehead atoms. The van der Waals surface area contributed by atoms with E-state index in [-0.39, 0.29) is 23.0 Å². The monoisotopic (exact) mass is 341 g/mol. The van der Waals surface area contributed by atoms with Crippen LogP contribution in [0.2, 0.25) is 0 Å². The van der Waals surface area contributed by atoms with Gasteiger partial charge in [0.15, 0.2) is 0 Å². The quantitative estimate of drug-likeness (QED) is 0.563. The molecular formula is C16H15N5O4. The molecule has 25 heavy (non-hydrogen) atoms. The van der Waals surface area contributed by atoms with Crippen molar-refractivity contribution in [3.63, 3.8) is 0 Å². The summed E-state index contributed by atoms with van der Waals surface area (Å²) in [5.41, 5.74) is 0.166. The molecule has 0 aliphatic heterocycles. The van der Waals surface area contributed by atoms with Crippen molar-refractivity contribution in [2.24, 2.45) is 0 Å². The second-order valence-electron chi connectivity index (χ2n) is 5.44. The molecule has 9 heteroatoms. The number of carbonyl (C=O) groups excluding carboxylic acids is 1. The standard InChI is InChI=1S/C16H15N5O4/c1-10-3-6-15(25-10)11(2)19-16(22)12-4-5-13(14(7-12)21(23)24)20-9-17-8-18-20/h3-9,11H,1-2H3,(H,19,22). The van der Waals surface area contributed by atoms with E-state index < -0.39 is 10.8 Å². The summed E-state index contributed by atoms with van der Waals surface area (Å²) in [7, 11) is 0. The Morgan fingerprint density at radius 1 is 1.36 bits per heavy atom. The maximum atomic E-state index is 12.4. The van der Waals surface area contributed by atoms with Crippen LogP contribution in [0.25, 0.3) is 5.69 Å². The summed E-state index contributed by atoms with van der Waals surface area (Å²) in [6, 6.07) is 7.39. The van der Waals surface area contributed by atoms with Gasteiger partial charge in [-0.1, -0.05) is 0 Å². The van der Waals surface area contributed by atoms with Gasteiger partial charge in [-0.25, -0.2) is 9.67 Å². The van der Waals surface area contributed by atoms with Gasteiger partial charge in [-0.05, 0) is 38.1 Å². The lowest BCUT2D eigenvalue weighted by atomic mass is 10.1. The Labute approximate surface area is 142 Å². The van der Waals surface area contributed by atoms with E-state index in [1.165, 1.54) is 35.5 Å². The van der Waals surface area contributed by atoms with Crippen LogP contribution in [0.5, 0.6) is 0 Å². The molecule has 1 unspecified atom stereocenters. The smallest absolute Gasteiger partial charge is 0.295 e. The van der Waals surface area contributed by atoms with Crippen molar-refractivity contribution in [2.45, 2.75) is 19.9 Å². The second-order valence-corrected chi connectivity index (χ2v) is 5.44. The minimum Gasteiger partial charge on any atom is -0.464 e. The number of nitro groups is 1. The first-order chi connectivity index (χ1) is 12.0. The van der Waals surface area contributed by atoms with Crippen LogP contribution >= 0.6 is 0 Å². The van der Waals surface area contributed by atoms with Crippen LogP contribution in [0.4, 0.5) is 5.69 Å². The average molecular weight is 341 g/mol. The van der Waals surface area contributed by atoms with Gasteiger partial charge in [0, 0.05) is 11.6 Å². The maximum absolute atomic E-state index is 12.4. The zero-order valence-corrected chi connectivity index (χ0v) is 13.5. The van der Waals surface area contributed by atoms with Crippen LogP contribution in [-0.4, -0.2) is 25.6 Å². The van der Waals surface area contributed by atoms with Gasteiger partial charge in [0.2, 0.25) is 0 Å². The highest BCUT2D eigenvalue weighted by Crippen LogP contribution is 2.24. The van der Waals surface area contributed by atoms with E-state index in [2.05, 4.69) is 15.4 Å². The average Bonchev–Trinajstić information content (AvgIpc) is 3.25. The summed E-state index contributed by atoms with van der Waals surface area (Å²) in [5.74, 6) is 0.915. The molecule has 0 aliphatic carbocycles. The Hall–Kier alpha value is -3.49. The first-order valence-electron chi connectivity index (χ1n) is 7.46. The topological polar surface area (TPSA) is 116 Å². The molecule has 1 atom stereocenters. The number of benzene rings is 1. The second kappa shape index (κ2) is 6.56. The molecule has 1 amide bonds. The van der Waals surface area contributed by atoms with Gasteiger partial charge < -0.3 is 9.73 Å². The Kier molecular flexibility index (Phi) is 4.29. The molecule has 0 fully saturated rings. The molecule has 0 spiro atoms. The van der Waals surface area contributed by atoms with Crippen LogP contribution in [0.3, 0.4) is 0 Å². The van der Waals surface area contributed by atoms with E-state index in [1.807, 2.05) is 6.92 Å². The van der Waals surface area contributed by atoms with E-state index in [4.69, 9.17) is 4.42 Å². The van der Waals surface area contributed by atoms with E-state index in [0.717, 1.165) is 5.76 Å². The number of amides is 1. The van der Waals surface area contributed by atoms with Gasteiger partial charge in [-0.15, -0.1) is 0 Å². The fourth-order valence-corrected chi connectivity index (χ4v) is 2.37. The highest BCUT2D eigenvalue weighted by Gasteiger charge is 2.21. The molecule has 9 nitrogen and oxygen atoms in total. The summed E-state index contributed by atoms with van der Waals surface area (Å²) >= 11 is 0. The molecule has 0 saturated heterocycles. The van der Waals surface area contributed by atoms with Crippen LogP contribution in [0.15, 0.2) is 47.4 Å². The van der Waals surface area contributed by atoms with Crippen molar-refractivity contribution in [1.29, 1.82) is 0 Å². The van der Waals surface area contributed by atoms with Crippen molar-refractivity contribution < 1.29 is 14.1 Å². The Morgan fingerprint density at radius 3 is 2.76 bits per heavy atom. The molecule has 1 N–H and O–H groups in total. The van der Waals surface area contributed by atoms with Crippen molar-refractivity contribution in [2.75, 3.05) is 0 Å². The molecule has 0 radical (unpaired) electrons. The molecule has 3 rings (SSSR count). The third-order valence-corrected chi connectivity index (χ3v) is 3.64. The van der Waals surface area contributed by atoms with E-state index in [0.29, 0.717) is 5.76 Å². The largest absolute Gasteiger partial charge is 0.464 e. The summed E-state index contributed by atoms with van der Waals surface area (Å²) in [6.45, 7) is 3.58. The number of aryl methyl sites for hydroxylation is 1. The molecular weight excluding hydrogens is 326 g/mol. The Bertz CT molecular complexity index is 917. The number of nitrogens with zero attached hydrogens (tertiary/aromatic N) is 4. The lowest BCUT2D eigenvalue weighted by Gasteiger charge is -2.12. The van der Waals surface area contributed by atoms with Gasteiger partial charge in [0.1, 0.15) is 29.9 Å². The van der Waals surface area contributed by atoms with Gasteiger partial charge in [0.25, 0.3) is 11.6 Å². The number of hydrogen-bond donors (Lipinski definition) is 1. The van der Waals surface area contributed by atoms with Crippen molar-refractivity contribution in [1.82, 2.24) is 20.1 Å². The summed E-state index contributed by atoms with van der Waals surface area (Å²) in [4.78, 5) is 26.9. The number of aromatic nitrogens is 3. The summed E-state index contributed by atoms with van der Waals surface area (Å²) in [6.07, 6.45) is 2.63. The number of hydrogen-bond acceptors (Lipinski definition) is 6. The number of carbonyl (C=O) groups is 1. The fourth-order valence-electron chi connectivity index (χ4n) is 2.37. The molecule has 1 aromatic carbocycles. The van der Waals surface area contributed by atoms with Gasteiger partial charge in [0.05, 0.1) is 11.0 Å². The Morgan fingerprint density at radius 2 is 2.16 bits per heavy atom. The lowest BCUT2D eigenvalue weighted by molar-refractivity contribution is -0.384. The maximum Gasteiger partial charge on any atom is 0.295 e.